The SMILES string of the molecule is CSCCCCCNC(=O)c1ccccc1Br. The van der Waals surface area contributed by atoms with Crippen LogP contribution in [0.4, 0.5) is 0 Å². The molecule has 0 saturated carbocycles. The molecule has 0 bridgehead atoms. The summed E-state index contributed by atoms with van der Waals surface area (Å²) in [7, 11) is 0. The molecule has 1 N–H and O–H groups in total. The zero-order valence-electron chi connectivity index (χ0n) is 10.0. The first-order chi connectivity index (χ1) is 8.25. The van der Waals surface area contributed by atoms with E-state index < -0.39 is 0 Å². The van der Waals surface area contributed by atoms with E-state index in [1.165, 1.54) is 18.6 Å². The normalized spacial score (nSPS) is 10.2. The van der Waals surface area contributed by atoms with Crippen molar-refractivity contribution < 1.29 is 4.79 Å². The molecule has 1 aromatic rings. The average Bonchev–Trinajstić information content (AvgIpc) is 2.34. The molecule has 0 spiro atoms. The number of carbonyl (C=O) groups excluding carboxylic acids is 1. The number of halogens is 1. The molecular weight excluding hydrogens is 298 g/mol. The summed E-state index contributed by atoms with van der Waals surface area (Å²) in [6.07, 6.45) is 5.58. The van der Waals surface area contributed by atoms with Gasteiger partial charge in [-0.2, -0.15) is 11.8 Å². The molecule has 0 atom stereocenters. The van der Waals surface area contributed by atoms with Crippen LogP contribution in [0.2, 0.25) is 0 Å². The van der Waals surface area contributed by atoms with E-state index in [4.69, 9.17) is 0 Å². The molecule has 1 aromatic carbocycles. The minimum Gasteiger partial charge on any atom is -0.352 e. The average molecular weight is 316 g/mol. The van der Waals surface area contributed by atoms with Crippen LogP contribution in [-0.4, -0.2) is 24.5 Å². The van der Waals surface area contributed by atoms with Gasteiger partial charge in [-0.25, -0.2) is 0 Å². The highest BCUT2D eigenvalue weighted by Gasteiger charge is 2.07. The Hall–Kier alpha value is -0.480. The van der Waals surface area contributed by atoms with E-state index in [1.54, 1.807) is 0 Å². The fourth-order valence-corrected chi connectivity index (χ4v) is 2.45. The number of hydrogen-bond donors (Lipinski definition) is 1. The molecule has 0 aliphatic heterocycles. The molecule has 0 aromatic heterocycles. The summed E-state index contributed by atoms with van der Waals surface area (Å²) in [5, 5.41) is 2.94. The molecular formula is C13H18BrNOS. The molecule has 0 fully saturated rings. The summed E-state index contributed by atoms with van der Waals surface area (Å²) >= 11 is 5.25. The lowest BCUT2D eigenvalue weighted by molar-refractivity contribution is 0.0952. The molecule has 1 rings (SSSR count). The van der Waals surface area contributed by atoms with Crippen molar-refractivity contribution in [3.05, 3.63) is 34.3 Å². The first-order valence-corrected chi connectivity index (χ1v) is 7.96. The van der Waals surface area contributed by atoms with Crippen LogP contribution < -0.4 is 5.32 Å². The number of amides is 1. The maximum Gasteiger partial charge on any atom is 0.252 e. The van der Waals surface area contributed by atoms with Crippen LogP contribution in [0.5, 0.6) is 0 Å². The van der Waals surface area contributed by atoms with Gasteiger partial charge in [0, 0.05) is 11.0 Å². The van der Waals surface area contributed by atoms with E-state index in [0.717, 1.165) is 17.4 Å². The molecule has 1 amide bonds. The standard InChI is InChI=1S/C13H18BrNOS/c1-17-10-6-2-5-9-15-13(16)11-7-3-4-8-12(11)14/h3-4,7-8H,2,5-6,9-10H2,1H3,(H,15,16). The highest BCUT2D eigenvalue weighted by atomic mass is 79.9. The van der Waals surface area contributed by atoms with Crippen LogP contribution in [0.25, 0.3) is 0 Å². The third-order valence-electron chi connectivity index (χ3n) is 2.43. The van der Waals surface area contributed by atoms with Crippen LogP contribution in [0.15, 0.2) is 28.7 Å². The predicted octanol–water partition coefficient (Wildman–Crippen LogP) is 3.71. The van der Waals surface area contributed by atoms with Gasteiger partial charge in [0.25, 0.3) is 5.91 Å². The highest BCUT2D eigenvalue weighted by Crippen LogP contribution is 2.15. The van der Waals surface area contributed by atoms with Crippen LogP contribution in [-0.2, 0) is 0 Å². The monoisotopic (exact) mass is 315 g/mol. The second kappa shape index (κ2) is 8.59. The fraction of sp³-hybridized carbons (Fsp3) is 0.462. The Kier molecular flexibility index (Phi) is 7.37. The van der Waals surface area contributed by atoms with Crippen molar-refractivity contribution >= 4 is 33.6 Å². The van der Waals surface area contributed by atoms with Gasteiger partial charge in [-0.1, -0.05) is 18.6 Å². The van der Waals surface area contributed by atoms with Gasteiger partial charge in [-0.05, 0) is 52.9 Å². The summed E-state index contributed by atoms with van der Waals surface area (Å²) in [4.78, 5) is 11.8. The summed E-state index contributed by atoms with van der Waals surface area (Å²) < 4.78 is 0.847. The largest absolute Gasteiger partial charge is 0.352 e. The molecule has 17 heavy (non-hydrogen) atoms. The number of carbonyl (C=O) groups is 1. The Balaban J connectivity index is 2.24. The minimum absolute atomic E-state index is 0.00217. The molecule has 0 unspecified atom stereocenters. The molecule has 0 aliphatic carbocycles. The number of thioether (sulfide) groups is 1. The van der Waals surface area contributed by atoms with Gasteiger partial charge in [-0.15, -0.1) is 0 Å². The molecule has 0 radical (unpaired) electrons. The van der Waals surface area contributed by atoms with E-state index >= 15 is 0 Å². The van der Waals surface area contributed by atoms with Crippen molar-refractivity contribution in [2.24, 2.45) is 0 Å². The second-order valence-electron chi connectivity index (χ2n) is 3.79. The quantitative estimate of drug-likeness (QED) is 0.777. The smallest absolute Gasteiger partial charge is 0.252 e. The topological polar surface area (TPSA) is 29.1 Å². The first-order valence-electron chi connectivity index (χ1n) is 5.77. The molecule has 4 heteroatoms. The van der Waals surface area contributed by atoms with Crippen molar-refractivity contribution in [2.45, 2.75) is 19.3 Å². The van der Waals surface area contributed by atoms with Gasteiger partial charge >= 0.3 is 0 Å². The Bertz CT molecular complexity index is 357. The van der Waals surface area contributed by atoms with Gasteiger partial charge in [-0.3, -0.25) is 4.79 Å². The van der Waals surface area contributed by atoms with Crippen LogP contribution in [0.1, 0.15) is 29.6 Å². The minimum atomic E-state index is 0.00217. The molecule has 2 nitrogen and oxygen atoms in total. The maximum absolute atomic E-state index is 11.8. The zero-order valence-corrected chi connectivity index (χ0v) is 12.4. The third-order valence-corrected chi connectivity index (χ3v) is 3.82. The van der Waals surface area contributed by atoms with E-state index in [9.17, 15) is 4.79 Å². The van der Waals surface area contributed by atoms with Gasteiger partial charge in [0.05, 0.1) is 5.56 Å². The molecule has 0 heterocycles. The lowest BCUT2D eigenvalue weighted by Crippen LogP contribution is -2.24. The van der Waals surface area contributed by atoms with E-state index in [1.807, 2.05) is 36.0 Å². The number of hydrogen-bond acceptors (Lipinski definition) is 2. The van der Waals surface area contributed by atoms with Crippen molar-refractivity contribution in [3.8, 4) is 0 Å². The number of rotatable bonds is 7. The third kappa shape index (κ3) is 5.59. The predicted molar refractivity (Wildman–Crippen MR) is 78.7 cm³/mol. The summed E-state index contributed by atoms with van der Waals surface area (Å²) in [5.74, 6) is 1.21. The number of unbranched alkanes of at least 4 members (excludes halogenated alkanes) is 2. The van der Waals surface area contributed by atoms with Crippen molar-refractivity contribution in [1.82, 2.24) is 5.32 Å². The van der Waals surface area contributed by atoms with Gasteiger partial charge in [0.15, 0.2) is 0 Å². The maximum atomic E-state index is 11.8. The number of benzene rings is 1. The lowest BCUT2D eigenvalue weighted by Gasteiger charge is -2.06. The van der Waals surface area contributed by atoms with E-state index in [2.05, 4.69) is 27.5 Å². The highest BCUT2D eigenvalue weighted by molar-refractivity contribution is 9.10. The van der Waals surface area contributed by atoms with Gasteiger partial charge in [0.2, 0.25) is 0 Å². The molecule has 94 valence electrons. The van der Waals surface area contributed by atoms with Crippen LogP contribution >= 0.6 is 27.7 Å². The zero-order chi connectivity index (χ0) is 12.5. The summed E-state index contributed by atoms with van der Waals surface area (Å²) in [6.45, 7) is 0.758. The Morgan fingerprint density at radius 1 is 1.29 bits per heavy atom. The summed E-state index contributed by atoms with van der Waals surface area (Å²) in [5.41, 5.74) is 0.705. The van der Waals surface area contributed by atoms with Crippen LogP contribution in [0.3, 0.4) is 0 Å². The lowest BCUT2D eigenvalue weighted by atomic mass is 10.2. The Labute approximate surface area is 116 Å². The van der Waals surface area contributed by atoms with Crippen LogP contribution in [0, 0.1) is 0 Å². The van der Waals surface area contributed by atoms with Gasteiger partial charge < -0.3 is 5.32 Å². The Morgan fingerprint density at radius 3 is 2.76 bits per heavy atom. The second-order valence-corrected chi connectivity index (χ2v) is 5.63. The van der Waals surface area contributed by atoms with Crippen molar-refractivity contribution in [1.29, 1.82) is 0 Å². The molecule has 0 saturated heterocycles. The number of nitrogens with one attached hydrogen (secondary N) is 1. The summed E-state index contributed by atoms with van der Waals surface area (Å²) in [6, 6.07) is 7.49. The van der Waals surface area contributed by atoms with Gasteiger partial charge in [0.1, 0.15) is 0 Å². The Morgan fingerprint density at radius 2 is 2.06 bits per heavy atom. The molecule has 0 aliphatic rings. The van der Waals surface area contributed by atoms with E-state index in [0.29, 0.717) is 5.56 Å². The fourth-order valence-electron chi connectivity index (χ4n) is 1.49. The first kappa shape index (κ1) is 14.6. The van der Waals surface area contributed by atoms with Crippen molar-refractivity contribution in [3.63, 3.8) is 0 Å². The van der Waals surface area contributed by atoms with E-state index in [-0.39, 0.29) is 5.91 Å². The van der Waals surface area contributed by atoms with Crippen molar-refractivity contribution in [2.75, 3.05) is 18.6 Å².